The Labute approximate surface area is 181 Å². The monoisotopic (exact) mass is 450 g/mol. The predicted molar refractivity (Wildman–Crippen MR) is 111 cm³/mol. The maximum absolute atomic E-state index is 12.6. The molecule has 2 fully saturated rings. The Balaban J connectivity index is 0.00000280. The highest BCUT2D eigenvalue weighted by molar-refractivity contribution is 6.35. The van der Waals surface area contributed by atoms with E-state index in [0.29, 0.717) is 29.7 Å². The highest BCUT2D eigenvalue weighted by Gasteiger charge is 2.38. The molecule has 2 aliphatic heterocycles. The van der Waals surface area contributed by atoms with Crippen LogP contribution < -0.4 is 5.32 Å². The van der Waals surface area contributed by atoms with Crippen LogP contribution in [0, 0.1) is 0 Å². The summed E-state index contributed by atoms with van der Waals surface area (Å²) >= 11 is 12.0. The maximum atomic E-state index is 12.6. The van der Waals surface area contributed by atoms with Crippen LogP contribution in [0.5, 0.6) is 0 Å². The van der Waals surface area contributed by atoms with Gasteiger partial charge in [0.2, 0.25) is 5.91 Å². The molecular weight excluding hydrogens is 427 g/mol. The van der Waals surface area contributed by atoms with Crippen molar-refractivity contribution in [2.75, 3.05) is 53.0 Å². The number of nitrogens with one attached hydrogen (secondary N) is 1. The van der Waals surface area contributed by atoms with Crippen molar-refractivity contribution >= 4 is 47.5 Å². The quantitative estimate of drug-likeness (QED) is 0.719. The number of carbonyl (C=O) groups is 2. The second-order valence-electron chi connectivity index (χ2n) is 6.76. The number of benzene rings is 1. The van der Waals surface area contributed by atoms with Gasteiger partial charge in [-0.2, -0.15) is 0 Å². The van der Waals surface area contributed by atoms with E-state index in [1.165, 1.54) is 4.90 Å². The van der Waals surface area contributed by atoms with Gasteiger partial charge in [0.05, 0.1) is 19.8 Å². The van der Waals surface area contributed by atoms with Crippen LogP contribution in [0.4, 0.5) is 4.79 Å². The molecule has 3 rings (SSSR count). The van der Waals surface area contributed by atoms with Crippen LogP contribution in [-0.2, 0) is 16.1 Å². The molecule has 0 bridgehead atoms. The van der Waals surface area contributed by atoms with Crippen molar-refractivity contribution in [3.05, 3.63) is 33.8 Å². The first-order valence-electron chi connectivity index (χ1n) is 8.99. The molecule has 0 spiro atoms. The molecule has 0 saturated carbocycles. The van der Waals surface area contributed by atoms with Crippen LogP contribution in [0.1, 0.15) is 5.56 Å². The van der Waals surface area contributed by atoms with Crippen molar-refractivity contribution < 1.29 is 14.3 Å². The summed E-state index contributed by atoms with van der Waals surface area (Å²) in [5.74, 6) is -0.189. The third kappa shape index (κ3) is 5.64. The van der Waals surface area contributed by atoms with Crippen molar-refractivity contribution in [3.63, 3.8) is 0 Å². The van der Waals surface area contributed by atoms with Crippen LogP contribution in [0.2, 0.25) is 10.0 Å². The van der Waals surface area contributed by atoms with Gasteiger partial charge in [-0.1, -0.05) is 29.3 Å². The molecule has 0 aliphatic carbocycles. The molecule has 0 aromatic heterocycles. The maximum Gasteiger partial charge on any atom is 0.320 e. The molecule has 3 amide bonds. The molecule has 2 aliphatic rings. The first-order valence-corrected chi connectivity index (χ1v) is 9.75. The van der Waals surface area contributed by atoms with Crippen molar-refractivity contribution in [3.8, 4) is 0 Å². The van der Waals surface area contributed by atoms with E-state index >= 15 is 0 Å². The van der Waals surface area contributed by atoms with E-state index in [4.69, 9.17) is 27.9 Å². The largest absolute Gasteiger partial charge is 0.379 e. The van der Waals surface area contributed by atoms with Gasteiger partial charge in [0.15, 0.2) is 0 Å². The number of amides is 3. The average Bonchev–Trinajstić information content (AvgIpc) is 2.95. The van der Waals surface area contributed by atoms with Gasteiger partial charge in [-0.25, -0.2) is 4.79 Å². The molecule has 0 radical (unpaired) electrons. The SMILES string of the molecule is CN1C(=O)N(CCN2CCOCC2)CC1C(=O)NCc1ccc(Cl)cc1Cl.Cl. The molecule has 156 valence electrons. The van der Waals surface area contributed by atoms with Gasteiger partial charge in [-0.3, -0.25) is 9.69 Å². The van der Waals surface area contributed by atoms with Gasteiger partial charge in [0, 0.05) is 49.8 Å². The van der Waals surface area contributed by atoms with Gasteiger partial charge in [-0.05, 0) is 17.7 Å². The molecule has 1 N–H and O–H groups in total. The third-order valence-electron chi connectivity index (χ3n) is 4.99. The fourth-order valence-electron chi connectivity index (χ4n) is 3.26. The lowest BCUT2D eigenvalue weighted by molar-refractivity contribution is -0.124. The molecule has 10 heteroatoms. The van der Waals surface area contributed by atoms with E-state index < -0.39 is 6.04 Å². The van der Waals surface area contributed by atoms with Crippen LogP contribution in [0.25, 0.3) is 0 Å². The lowest BCUT2D eigenvalue weighted by Gasteiger charge is -2.28. The summed E-state index contributed by atoms with van der Waals surface area (Å²) in [6.07, 6.45) is 0. The Morgan fingerprint density at radius 1 is 1.25 bits per heavy atom. The van der Waals surface area contributed by atoms with Crippen molar-refractivity contribution in [1.82, 2.24) is 20.0 Å². The number of rotatable bonds is 6. The van der Waals surface area contributed by atoms with Crippen LogP contribution in [0.3, 0.4) is 0 Å². The number of nitrogens with zero attached hydrogens (tertiary/aromatic N) is 3. The molecule has 2 heterocycles. The van der Waals surface area contributed by atoms with E-state index in [2.05, 4.69) is 10.2 Å². The zero-order valence-electron chi connectivity index (χ0n) is 15.7. The minimum absolute atomic E-state index is 0. The summed E-state index contributed by atoms with van der Waals surface area (Å²) < 4.78 is 5.34. The Kier molecular flexibility index (Phi) is 8.64. The number of carbonyl (C=O) groups excluding carboxylic acids is 2. The fraction of sp³-hybridized carbons (Fsp3) is 0.556. The molecule has 1 aromatic rings. The highest BCUT2D eigenvalue weighted by atomic mass is 35.5. The van der Waals surface area contributed by atoms with Crippen molar-refractivity contribution in [1.29, 1.82) is 0 Å². The van der Waals surface area contributed by atoms with Gasteiger partial charge in [-0.15, -0.1) is 12.4 Å². The van der Waals surface area contributed by atoms with Gasteiger partial charge < -0.3 is 19.9 Å². The number of likely N-dealkylation sites (N-methyl/N-ethyl adjacent to an activating group) is 1. The summed E-state index contributed by atoms with van der Waals surface area (Å²) in [5.41, 5.74) is 0.783. The summed E-state index contributed by atoms with van der Waals surface area (Å²) in [5, 5.41) is 3.92. The minimum atomic E-state index is -0.506. The van der Waals surface area contributed by atoms with E-state index in [0.717, 1.165) is 38.4 Å². The number of ether oxygens (including phenoxy) is 1. The first kappa shape index (κ1) is 23.0. The second-order valence-corrected chi connectivity index (χ2v) is 7.61. The lowest BCUT2D eigenvalue weighted by atomic mass is 10.2. The molecule has 28 heavy (non-hydrogen) atoms. The van der Waals surface area contributed by atoms with Gasteiger partial charge >= 0.3 is 6.03 Å². The Hall–Kier alpha value is -1.25. The first-order chi connectivity index (χ1) is 13.0. The zero-order valence-corrected chi connectivity index (χ0v) is 18.0. The smallest absolute Gasteiger partial charge is 0.320 e. The van der Waals surface area contributed by atoms with Crippen LogP contribution >= 0.6 is 35.6 Å². The molecule has 1 atom stereocenters. The van der Waals surface area contributed by atoms with Crippen molar-refractivity contribution in [2.45, 2.75) is 12.6 Å². The summed E-state index contributed by atoms with van der Waals surface area (Å²) in [6, 6.07) is 4.53. The predicted octanol–water partition coefficient (Wildman–Crippen LogP) is 2.10. The second kappa shape index (κ2) is 10.5. The number of hydrogen-bond donors (Lipinski definition) is 1. The third-order valence-corrected chi connectivity index (χ3v) is 5.58. The molecule has 1 unspecified atom stereocenters. The summed E-state index contributed by atoms with van der Waals surface area (Å²) in [7, 11) is 1.66. The van der Waals surface area contributed by atoms with E-state index in [9.17, 15) is 9.59 Å². The summed E-state index contributed by atoms with van der Waals surface area (Å²) in [6.45, 7) is 5.29. The normalized spacial score (nSPS) is 20.2. The highest BCUT2D eigenvalue weighted by Crippen LogP contribution is 2.21. The number of urea groups is 1. The molecule has 1 aromatic carbocycles. The Bertz CT molecular complexity index is 701. The van der Waals surface area contributed by atoms with Gasteiger partial charge in [0.1, 0.15) is 6.04 Å². The van der Waals surface area contributed by atoms with Crippen LogP contribution in [0.15, 0.2) is 18.2 Å². The van der Waals surface area contributed by atoms with E-state index in [-0.39, 0.29) is 24.3 Å². The minimum Gasteiger partial charge on any atom is -0.379 e. The summed E-state index contributed by atoms with van der Waals surface area (Å²) in [4.78, 5) is 30.5. The number of morpholine rings is 1. The Morgan fingerprint density at radius 3 is 2.64 bits per heavy atom. The zero-order chi connectivity index (χ0) is 19.4. The number of halogens is 3. The number of hydrogen-bond acceptors (Lipinski definition) is 4. The molecular formula is C18H25Cl3N4O3. The van der Waals surface area contributed by atoms with Crippen LogP contribution in [-0.4, -0.2) is 85.7 Å². The Morgan fingerprint density at radius 2 is 1.96 bits per heavy atom. The molecule has 7 nitrogen and oxygen atoms in total. The standard InChI is InChI=1S/C18H24Cl2N4O3.ClH/c1-22-16(17(25)21-11-13-2-3-14(19)10-15(13)20)12-24(18(22)26)5-4-23-6-8-27-9-7-23;/h2-3,10,16H,4-9,11-12H2,1H3,(H,21,25);1H. The van der Waals surface area contributed by atoms with E-state index in [1.807, 2.05) is 0 Å². The molecule has 2 saturated heterocycles. The van der Waals surface area contributed by atoms with Gasteiger partial charge in [0.25, 0.3) is 0 Å². The topological polar surface area (TPSA) is 65.1 Å². The lowest BCUT2D eigenvalue weighted by Crippen LogP contribution is -2.43. The average molecular weight is 452 g/mol. The van der Waals surface area contributed by atoms with E-state index in [1.54, 1.807) is 30.1 Å². The van der Waals surface area contributed by atoms with Crippen molar-refractivity contribution in [2.24, 2.45) is 0 Å². The fourth-order valence-corrected chi connectivity index (χ4v) is 3.74.